The monoisotopic (exact) mass is 203 g/mol. The zero-order valence-electron chi connectivity index (χ0n) is 8.44. The van der Waals surface area contributed by atoms with E-state index in [0.29, 0.717) is 5.92 Å². The number of nitrogens with one attached hydrogen (secondary N) is 1. The summed E-state index contributed by atoms with van der Waals surface area (Å²) in [6.07, 6.45) is 5.79. The largest absolute Gasteiger partial charge is 0.381 e. The maximum absolute atomic E-state index is 5.36. The minimum Gasteiger partial charge on any atom is -0.381 e. The molecule has 1 aliphatic heterocycles. The van der Waals surface area contributed by atoms with Gasteiger partial charge in [0.25, 0.3) is 0 Å². The van der Waals surface area contributed by atoms with E-state index in [4.69, 9.17) is 4.74 Å². The number of hydrogen-bond acceptors (Lipinski definition) is 3. The van der Waals surface area contributed by atoms with Crippen LogP contribution in [0.4, 0.5) is 0 Å². The molecule has 0 amide bonds. The summed E-state index contributed by atoms with van der Waals surface area (Å²) in [4.78, 5) is 4.08. The molecule has 1 aliphatic rings. The third-order valence-electron chi connectivity index (χ3n) is 3.00. The van der Waals surface area contributed by atoms with Crippen molar-refractivity contribution in [3.63, 3.8) is 0 Å². The summed E-state index contributed by atoms with van der Waals surface area (Å²) in [6, 6.07) is 2.03. The lowest BCUT2D eigenvalue weighted by molar-refractivity contribution is 0.0847. The predicted octanol–water partition coefficient (Wildman–Crippen LogP) is 1.85. The number of hydrogen-bond donors (Lipinski definition) is 1. The van der Waals surface area contributed by atoms with Gasteiger partial charge in [-0.3, -0.25) is 10.1 Å². The molecule has 2 aromatic heterocycles. The fraction of sp³-hybridized carbons (Fsp3) is 0.455. The normalized spacial score (nSPS) is 18.4. The number of aromatic nitrogens is 3. The van der Waals surface area contributed by atoms with Gasteiger partial charge in [-0.2, -0.15) is 5.10 Å². The first-order valence-corrected chi connectivity index (χ1v) is 5.31. The highest BCUT2D eigenvalue weighted by Crippen LogP contribution is 2.29. The van der Waals surface area contributed by atoms with Crippen molar-refractivity contribution in [1.82, 2.24) is 15.2 Å². The highest BCUT2D eigenvalue weighted by molar-refractivity contribution is 5.80. The summed E-state index contributed by atoms with van der Waals surface area (Å²) in [5.41, 5.74) is 2.20. The summed E-state index contributed by atoms with van der Waals surface area (Å²) in [7, 11) is 0. The lowest BCUT2D eigenvalue weighted by atomic mass is 9.95. The van der Waals surface area contributed by atoms with Crippen LogP contribution in [0.15, 0.2) is 18.5 Å². The predicted molar refractivity (Wildman–Crippen MR) is 56.7 cm³/mol. The minimum atomic E-state index is 0.537. The first kappa shape index (κ1) is 8.85. The van der Waals surface area contributed by atoms with Crippen LogP contribution in [0, 0.1) is 0 Å². The van der Waals surface area contributed by atoms with Crippen LogP contribution in [-0.4, -0.2) is 28.4 Å². The molecule has 0 aliphatic carbocycles. The Morgan fingerprint density at radius 1 is 1.33 bits per heavy atom. The standard InChI is InChI=1S/C11H13N3O/c1-4-12-7-10-9(1)11(14-13-10)8-2-5-15-6-3-8/h1,4,7-8H,2-3,5-6H2,(H,13,14). The van der Waals surface area contributed by atoms with Gasteiger partial charge in [0.05, 0.1) is 17.4 Å². The molecule has 4 nitrogen and oxygen atoms in total. The van der Waals surface area contributed by atoms with Crippen LogP contribution in [0.1, 0.15) is 24.5 Å². The molecule has 1 N–H and O–H groups in total. The Hall–Kier alpha value is -1.42. The smallest absolute Gasteiger partial charge is 0.0836 e. The molecule has 0 radical (unpaired) electrons. The molecule has 0 bridgehead atoms. The number of pyridine rings is 1. The molecule has 2 aromatic rings. The van der Waals surface area contributed by atoms with Gasteiger partial charge in [-0.1, -0.05) is 0 Å². The SMILES string of the molecule is c1cc2c(C3CCOCC3)n[nH]c2cn1. The Morgan fingerprint density at radius 3 is 3.07 bits per heavy atom. The van der Waals surface area contributed by atoms with E-state index in [0.717, 1.165) is 31.6 Å². The molecule has 0 unspecified atom stereocenters. The van der Waals surface area contributed by atoms with Gasteiger partial charge in [0.1, 0.15) is 0 Å². The van der Waals surface area contributed by atoms with Gasteiger partial charge in [0, 0.05) is 30.7 Å². The molecule has 4 heteroatoms. The molecule has 0 atom stereocenters. The van der Waals surface area contributed by atoms with Crippen LogP contribution in [0.3, 0.4) is 0 Å². The summed E-state index contributed by atoms with van der Waals surface area (Å²) >= 11 is 0. The summed E-state index contributed by atoms with van der Waals surface area (Å²) < 4.78 is 5.36. The van der Waals surface area contributed by atoms with Crippen LogP contribution in [-0.2, 0) is 4.74 Å². The lowest BCUT2D eigenvalue weighted by Crippen LogP contribution is -2.14. The maximum Gasteiger partial charge on any atom is 0.0836 e. The molecular formula is C11H13N3O. The van der Waals surface area contributed by atoms with E-state index in [1.54, 1.807) is 0 Å². The van der Waals surface area contributed by atoms with Crippen molar-refractivity contribution >= 4 is 10.9 Å². The van der Waals surface area contributed by atoms with E-state index in [1.165, 1.54) is 11.1 Å². The molecule has 0 saturated carbocycles. The number of aromatic amines is 1. The molecule has 1 fully saturated rings. The number of nitrogens with zero attached hydrogens (tertiary/aromatic N) is 2. The Bertz CT molecular complexity index is 460. The lowest BCUT2D eigenvalue weighted by Gasteiger charge is -2.20. The average molecular weight is 203 g/mol. The van der Waals surface area contributed by atoms with Crippen molar-refractivity contribution in [1.29, 1.82) is 0 Å². The number of fused-ring (bicyclic) bond motifs is 1. The number of rotatable bonds is 1. The Kier molecular flexibility index (Phi) is 2.14. The second-order valence-corrected chi connectivity index (χ2v) is 3.92. The van der Waals surface area contributed by atoms with Gasteiger partial charge >= 0.3 is 0 Å². The Labute approximate surface area is 87.7 Å². The fourth-order valence-electron chi connectivity index (χ4n) is 2.17. The average Bonchev–Trinajstić information content (AvgIpc) is 2.74. The third-order valence-corrected chi connectivity index (χ3v) is 3.00. The van der Waals surface area contributed by atoms with Crippen molar-refractivity contribution in [3.05, 3.63) is 24.2 Å². The summed E-state index contributed by atoms with van der Waals surface area (Å²) in [5, 5.41) is 8.64. The Morgan fingerprint density at radius 2 is 2.20 bits per heavy atom. The Balaban J connectivity index is 2.02. The zero-order valence-corrected chi connectivity index (χ0v) is 8.44. The summed E-state index contributed by atoms with van der Waals surface area (Å²) in [6.45, 7) is 1.70. The van der Waals surface area contributed by atoms with Crippen LogP contribution < -0.4 is 0 Å². The first-order chi connectivity index (χ1) is 7.45. The highest BCUT2D eigenvalue weighted by atomic mass is 16.5. The van der Waals surface area contributed by atoms with Crippen LogP contribution in [0.2, 0.25) is 0 Å². The number of ether oxygens (including phenoxy) is 1. The van der Waals surface area contributed by atoms with Crippen LogP contribution in [0.5, 0.6) is 0 Å². The van der Waals surface area contributed by atoms with Crippen molar-refractivity contribution in [2.75, 3.05) is 13.2 Å². The number of H-pyrrole nitrogens is 1. The van der Waals surface area contributed by atoms with E-state index in [2.05, 4.69) is 15.2 Å². The van der Waals surface area contributed by atoms with Gasteiger partial charge in [0.2, 0.25) is 0 Å². The van der Waals surface area contributed by atoms with Crippen molar-refractivity contribution in [2.24, 2.45) is 0 Å². The van der Waals surface area contributed by atoms with Gasteiger partial charge in [-0.05, 0) is 18.9 Å². The molecule has 0 aromatic carbocycles. The molecule has 3 heterocycles. The highest BCUT2D eigenvalue weighted by Gasteiger charge is 2.20. The maximum atomic E-state index is 5.36. The molecular weight excluding hydrogens is 190 g/mol. The second kappa shape index (κ2) is 3.62. The van der Waals surface area contributed by atoms with Gasteiger partial charge in [-0.15, -0.1) is 0 Å². The topological polar surface area (TPSA) is 50.8 Å². The van der Waals surface area contributed by atoms with Gasteiger partial charge in [-0.25, -0.2) is 0 Å². The second-order valence-electron chi connectivity index (χ2n) is 3.92. The van der Waals surface area contributed by atoms with E-state index < -0.39 is 0 Å². The van der Waals surface area contributed by atoms with Crippen molar-refractivity contribution < 1.29 is 4.74 Å². The van der Waals surface area contributed by atoms with E-state index in [1.807, 2.05) is 18.5 Å². The van der Waals surface area contributed by atoms with Crippen molar-refractivity contribution in [3.8, 4) is 0 Å². The van der Waals surface area contributed by atoms with Crippen molar-refractivity contribution in [2.45, 2.75) is 18.8 Å². The van der Waals surface area contributed by atoms with E-state index in [-0.39, 0.29) is 0 Å². The van der Waals surface area contributed by atoms with E-state index >= 15 is 0 Å². The van der Waals surface area contributed by atoms with Gasteiger partial charge < -0.3 is 4.74 Å². The zero-order chi connectivity index (χ0) is 10.1. The minimum absolute atomic E-state index is 0.537. The third kappa shape index (κ3) is 1.51. The fourth-order valence-corrected chi connectivity index (χ4v) is 2.17. The quantitative estimate of drug-likeness (QED) is 0.769. The molecule has 15 heavy (non-hydrogen) atoms. The van der Waals surface area contributed by atoms with E-state index in [9.17, 15) is 0 Å². The molecule has 78 valence electrons. The van der Waals surface area contributed by atoms with Crippen LogP contribution in [0.25, 0.3) is 10.9 Å². The molecule has 3 rings (SSSR count). The first-order valence-electron chi connectivity index (χ1n) is 5.31. The molecule has 0 spiro atoms. The van der Waals surface area contributed by atoms with Crippen LogP contribution >= 0.6 is 0 Å². The molecule has 1 saturated heterocycles. The summed E-state index contributed by atoms with van der Waals surface area (Å²) in [5.74, 6) is 0.537. The van der Waals surface area contributed by atoms with Gasteiger partial charge in [0.15, 0.2) is 0 Å².